The van der Waals surface area contributed by atoms with Crippen molar-refractivity contribution >= 4 is 11.6 Å². The molecule has 1 aromatic rings. The van der Waals surface area contributed by atoms with Gasteiger partial charge in [0.25, 0.3) is 0 Å². The quantitative estimate of drug-likeness (QED) is 0.870. The summed E-state index contributed by atoms with van der Waals surface area (Å²) in [6, 6.07) is 1.24. The minimum atomic E-state index is -1.03. The number of likely N-dealkylation sites (tertiary alicyclic amines) is 1. The number of benzene rings is 1. The zero-order valence-electron chi connectivity index (χ0n) is 10.9. The summed E-state index contributed by atoms with van der Waals surface area (Å²) in [7, 11) is 3.13. The van der Waals surface area contributed by atoms with Crippen molar-refractivity contribution in [1.29, 1.82) is 0 Å². The van der Waals surface area contributed by atoms with Crippen molar-refractivity contribution in [3.63, 3.8) is 0 Å². The van der Waals surface area contributed by atoms with Gasteiger partial charge in [0.05, 0.1) is 12.1 Å². The Kier molecular flexibility index (Phi) is 4.28. The highest BCUT2D eigenvalue weighted by molar-refractivity contribution is 6.32. The van der Waals surface area contributed by atoms with Crippen LogP contribution in [-0.4, -0.2) is 32.1 Å². The largest absolute Gasteiger partial charge is 0.492 e. The average Bonchev–Trinajstić information content (AvgIpc) is 2.76. The third-order valence-electron chi connectivity index (χ3n) is 3.68. The topological polar surface area (TPSA) is 38.5 Å². The highest BCUT2D eigenvalue weighted by Crippen LogP contribution is 2.40. The molecule has 2 atom stereocenters. The van der Waals surface area contributed by atoms with Crippen LogP contribution in [0.1, 0.15) is 18.0 Å². The number of nitrogens with two attached hydrogens (primary N) is 1. The molecule has 1 saturated heterocycles. The Morgan fingerprint density at radius 2 is 2.16 bits per heavy atom. The fourth-order valence-corrected chi connectivity index (χ4v) is 2.94. The molecule has 0 aliphatic carbocycles. The molecular formula is C13H17ClF2N2O. The fourth-order valence-electron chi connectivity index (χ4n) is 2.67. The first-order valence-electron chi connectivity index (χ1n) is 6.11. The van der Waals surface area contributed by atoms with Crippen LogP contribution in [0, 0.1) is 17.6 Å². The summed E-state index contributed by atoms with van der Waals surface area (Å²) in [4.78, 5) is 1.97. The molecule has 0 aromatic heterocycles. The molecular weight excluding hydrogens is 274 g/mol. The summed E-state index contributed by atoms with van der Waals surface area (Å²) in [6.45, 7) is 1.31. The second-order valence-corrected chi connectivity index (χ2v) is 5.31. The van der Waals surface area contributed by atoms with Gasteiger partial charge >= 0.3 is 0 Å². The molecule has 0 spiro atoms. The first kappa shape index (κ1) is 14.5. The number of hydrogen-bond acceptors (Lipinski definition) is 3. The van der Waals surface area contributed by atoms with Crippen LogP contribution in [-0.2, 0) is 0 Å². The van der Waals surface area contributed by atoms with Gasteiger partial charge in [-0.1, -0.05) is 11.6 Å². The van der Waals surface area contributed by atoms with Crippen LogP contribution in [0.3, 0.4) is 0 Å². The summed E-state index contributed by atoms with van der Waals surface area (Å²) in [5.74, 6) is -1.89. The van der Waals surface area contributed by atoms with E-state index in [-0.39, 0.29) is 22.4 Å². The Balaban J connectivity index is 2.41. The molecule has 1 heterocycles. The molecule has 0 bridgehead atoms. The maximum Gasteiger partial charge on any atom is 0.202 e. The van der Waals surface area contributed by atoms with Gasteiger partial charge in [-0.05, 0) is 32.0 Å². The Morgan fingerprint density at radius 3 is 2.68 bits per heavy atom. The third-order valence-corrected chi connectivity index (χ3v) is 3.96. The maximum absolute atomic E-state index is 14.1. The number of hydrogen-bond donors (Lipinski definition) is 1. The van der Waals surface area contributed by atoms with E-state index in [0.29, 0.717) is 18.9 Å². The molecule has 1 aliphatic heterocycles. The van der Waals surface area contributed by atoms with Gasteiger partial charge in [-0.25, -0.2) is 4.39 Å². The van der Waals surface area contributed by atoms with Crippen molar-refractivity contribution in [2.75, 3.05) is 27.2 Å². The van der Waals surface area contributed by atoms with Crippen LogP contribution < -0.4 is 10.5 Å². The van der Waals surface area contributed by atoms with E-state index in [1.807, 2.05) is 11.9 Å². The van der Waals surface area contributed by atoms with E-state index in [1.165, 1.54) is 13.2 Å². The van der Waals surface area contributed by atoms with Crippen LogP contribution in [0.2, 0.25) is 5.02 Å². The first-order chi connectivity index (χ1) is 8.99. The number of ether oxygens (including phenoxy) is 1. The average molecular weight is 291 g/mol. The van der Waals surface area contributed by atoms with Gasteiger partial charge in [0.2, 0.25) is 5.82 Å². The smallest absolute Gasteiger partial charge is 0.202 e. The second kappa shape index (κ2) is 5.61. The van der Waals surface area contributed by atoms with E-state index in [9.17, 15) is 8.78 Å². The fraction of sp³-hybridized carbons (Fsp3) is 0.538. The molecule has 3 nitrogen and oxygen atoms in total. The van der Waals surface area contributed by atoms with Gasteiger partial charge in [-0.2, -0.15) is 4.39 Å². The Morgan fingerprint density at radius 1 is 1.47 bits per heavy atom. The summed E-state index contributed by atoms with van der Waals surface area (Å²) in [6.07, 6.45) is 0.700. The lowest BCUT2D eigenvalue weighted by atomic mass is 9.99. The molecule has 2 unspecified atom stereocenters. The summed E-state index contributed by atoms with van der Waals surface area (Å²) < 4.78 is 32.7. The normalized spacial score (nSPS) is 23.9. The number of methoxy groups -OCH3 is 1. The van der Waals surface area contributed by atoms with E-state index in [2.05, 4.69) is 0 Å². The SMILES string of the molecule is COc1c(Cl)cc(C2CC(CN)CN2C)c(F)c1F. The zero-order valence-corrected chi connectivity index (χ0v) is 11.7. The number of nitrogens with zero attached hydrogens (tertiary/aromatic N) is 1. The molecule has 106 valence electrons. The molecule has 0 radical (unpaired) electrons. The highest BCUT2D eigenvalue weighted by Gasteiger charge is 2.33. The highest BCUT2D eigenvalue weighted by atomic mass is 35.5. The van der Waals surface area contributed by atoms with Crippen molar-refractivity contribution in [1.82, 2.24) is 4.90 Å². The first-order valence-corrected chi connectivity index (χ1v) is 6.49. The maximum atomic E-state index is 14.1. The lowest BCUT2D eigenvalue weighted by Crippen LogP contribution is -2.21. The molecule has 6 heteroatoms. The van der Waals surface area contributed by atoms with Crippen LogP contribution >= 0.6 is 11.6 Å². The lowest BCUT2D eigenvalue weighted by Gasteiger charge is -2.21. The van der Waals surface area contributed by atoms with Gasteiger partial charge in [0.15, 0.2) is 11.6 Å². The van der Waals surface area contributed by atoms with Crippen LogP contribution in [0.15, 0.2) is 6.07 Å². The summed E-state index contributed by atoms with van der Waals surface area (Å²) >= 11 is 5.93. The summed E-state index contributed by atoms with van der Waals surface area (Å²) in [5, 5.41) is 0.0843. The van der Waals surface area contributed by atoms with Gasteiger partial charge in [0, 0.05) is 18.2 Å². The van der Waals surface area contributed by atoms with Crippen molar-refractivity contribution in [2.45, 2.75) is 12.5 Å². The Labute approximate surface area is 116 Å². The molecule has 1 aliphatic rings. The third kappa shape index (κ3) is 2.55. The van der Waals surface area contributed by atoms with Crippen LogP contribution in [0.4, 0.5) is 8.78 Å². The van der Waals surface area contributed by atoms with E-state index in [1.54, 1.807) is 0 Å². The van der Waals surface area contributed by atoms with Gasteiger partial charge < -0.3 is 10.5 Å². The predicted molar refractivity (Wildman–Crippen MR) is 70.5 cm³/mol. The van der Waals surface area contributed by atoms with Gasteiger partial charge in [-0.3, -0.25) is 4.90 Å². The Hall–Kier alpha value is -0.910. The molecule has 2 N–H and O–H groups in total. The van der Waals surface area contributed by atoms with Crippen molar-refractivity contribution in [2.24, 2.45) is 11.7 Å². The molecule has 1 aromatic carbocycles. The predicted octanol–water partition coefficient (Wildman–Crippen LogP) is 2.58. The minimum absolute atomic E-state index is 0.0843. The van der Waals surface area contributed by atoms with Crippen LogP contribution in [0.5, 0.6) is 5.75 Å². The molecule has 0 saturated carbocycles. The van der Waals surface area contributed by atoms with E-state index in [0.717, 1.165) is 6.54 Å². The van der Waals surface area contributed by atoms with Gasteiger partial charge in [0.1, 0.15) is 0 Å². The zero-order chi connectivity index (χ0) is 14.2. The lowest BCUT2D eigenvalue weighted by molar-refractivity contribution is 0.300. The second-order valence-electron chi connectivity index (χ2n) is 4.90. The molecule has 1 fully saturated rings. The monoisotopic (exact) mass is 290 g/mol. The minimum Gasteiger partial charge on any atom is -0.492 e. The van der Waals surface area contributed by atoms with Crippen molar-refractivity contribution in [3.8, 4) is 5.75 Å². The summed E-state index contributed by atoms with van der Waals surface area (Å²) in [5.41, 5.74) is 5.90. The van der Waals surface area contributed by atoms with Crippen LogP contribution in [0.25, 0.3) is 0 Å². The van der Waals surface area contributed by atoms with Crippen molar-refractivity contribution < 1.29 is 13.5 Å². The van der Waals surface area contributed by atoms with E-state index < -0.39 is 11.6 Å². The van der Waals surface area contributed by atoms with Gasteiger partial charge in [-0.15, -0.1) is 0 Å². The molecule has 2 rings (SSSR count). The van der Waals surface area contributed by atoms with E-state index >= 15 is 0 Å². The number of rotatable bonds is 3. The molecule has 0 amide bonds. The Bertz CT molecular complexity index is 484. The standard InChI is InChI=1S/C13H17ClF2N2O/c1-18-6-7(5-17)3-10(18)8-4-9(14)13(19-2)12(16)11(8)15/h4,7,10H,3,5-6,17H2,1-2H3. The molecule has 19 heavy (non-hydrogen) atoms. The number of halogens is 3. The van der Waals surface area contributed by atoms with E-state index in [4.69, 9.17) is 22.1 Å². The van der Waals surface area contributed by atoms with Crippen molar-refractivity contribution in [3.05, 3.63) is 28.3 Å².